The molecule has 1 rings (SSSR count). The monoisotopic (exact) mass is 219 g/mol. The van der Waals surface area contributed by atoms with E-state index in [4.69, 9.17) is 4.55 Å². The Balaban J connectivity index is 2.96. The number of hydrogen-bond donors (Lipinski definition) is 1. The van der Waals surface area contributed by atoms with Crippen molar-refractivity contribution >= 4 is 21.9 Å². The van der Waals surface area contributed by atoms with E-state index in [1.807, 2.05) is 0 Å². The van der Waals surface area contributed by atoms with Crippen LogP contribution in [-0.4, -0.2) is 41.5 Å². The standard InChI is InChI=1S/C7H9NO5S/c1-2-3-8-6(9)4-5(7(8)10)14(11,12)13/h2,5H,1,3-4H2,(H,11,12,13). The molecule has 1 aliphatic heterocycles. The predicted molar refractivity (Wildman–Crippen MR) is 46.9 cm³/mol. The Kier molecular flexibility index (Phi) is 2.72. The van der Waals surface area contributed by atoms with Crippen LogP contribution in [0.3, 0.4) is 0 Å². The Morgan fingerprint density at radius 1 is 1.57 bits per heavy atom. The van der Waals surface area contributed by atoms with Crippen LogP contribution < -0.4 is 0 Å². The molecule has 1 heterocycles. The van der Waals surface area contributed by atoms with Gasteiger partial charge in [0.25, 0.3) is 16.0 Å². The Hall–Kier alpha value is -1.21. The van der Waals surface area contributed by atoms with E-state index in [9.17, 15) is 18.0 Å². The Morgan fingerprint density at radius 2 is 2.14 bits per heavy atom. The second-order valence-electron chi connectivity index (χ2n) is 2.84. The lowest BCUT2D eigenvalue weighted by Crippen LogP contribution is -2.34. The summed E-state index contributed by atoms with van der Waals surface area (Å²) in [6.45, 7) is 3.28. The molecule has 78 valence electrons. The molecular weight excluding hydrogens is 210 g/mol. The van der Waals surface area contributed by atoms with Gasteiger partial charge in [0.15, 0.2) is 5.25 Å². The van der Waals surface area contributed by atoms with Gasteiger partial charge in [0.05, 0.1) is 6.42 Å². The van der Waals surface area contributed by atoms with Crippen molar-refractivity contribution < 1.29 is 22.6 Å². The highest BCUT2D eigenvalue weighted by Crippen LogP contribution is 2.18. The fraction of sp³-hybridized carbons (Fsp3) is 0.429. The molecule has 0 aromatic rings. The first-order valence-corrected chi connectivity index (χ1v) is 5.29. The zero-order valence-electron chi connectivity index (χ0n) is 7.21. The molecule has 1 N–H and O–H groups in total. The van der Waals surface area contributed by atoms with Gasteiger partial charge in [-0.15, -0.1) is 6.58 Å². The Labute approximate surface area is 80.9 Å². The van der Waals surface area contributed by atoms with Crippen LogP contribution in [0.25, 0.3) is 0 Å². The lowest BCUT2D eigenvalue weighted by atomic mass is 10.4. The third-order valence-corrected chi connectivity index (χ3v) is 2.96. The van der Waals surface area contributed by atoms with Crippen LogP contribution in [0, 0.1) is 0 Å². The van der Waals surface area contributed by atoms with Crippen molar-refractivity contribution in [2.24, 2.45) is 0 Å². The van der Waals surface area contributed by atoms with E-state index in [2.05, 4.69) is 6.58 Å². The molecule has 0 aromatic heterocycles. The first-order valence-electron chi connectivity index (χ1n) is 3.79. The highest BCUT2D eigenvalue weighted by atomic mass is 32.2. The Morgan fingerprint density at radius 3 is 2.50 bits per heavy atom. The molecule has 1 atom stereocenters. The Bertz CT molecular complexity index is 385. The lowest BCUT2D eigenvalue weighted by molar-refractivity contribution is -0.137. The summed E-state index contributed by atoms with van der Waals surface area (Å²) in [6, 6.07) is 0. The van der Waals surface area contributed by atoms with Crippen LogP contribution in [0.15, 0.2) is 12.7 Å². The van der Waals surface area contributed by atoms with Crippen molar-refractivity contribution in [1.29, 1.82) is 0 Å². The minimum Gasteiger partial charge on any atom is -0.285 e. The molecule has 1 unspecified atom stereocenters. The van der Waals surface area contributed by atoms with Crippen molar-refractivity contribution in [3.63, 3.8) is 0 Å². The van der Waals surface area contributed by atoms with Gasteiger partial charge in [0.1, 0.15) is 0 Å². The number of likely N-dealkylation sites (tertiary alicyclic amines) is 1. The maximum atomic E-state index is 11.3. The van der Waals surface area contributed by atoms with E-state index in [1.54, 1.807) is 0 Å². The summed E-state index contributed by atoms with van der Waals surface area (Å²) in [4.78, 5) is 23.1. The van der Waals surface area contributed by atoms with Crippen LogP contribution in [0.2, 0.25) is 0 Å². The zero-order valence-corrected chi connectivity index (χ0v) is 8.03. The normalized spacial score (nSPS) is 22.9. The molecule has 2 amide bonds. The quantitative estimate of drug-likeness (QED) is 0.380. The van der Waals surface area contributed by atoms with Gasteiger partial charge in [0, 0.05) is 6.54 Å². The number of amides is 2. The van der Waals surface area contributed by atoms with E-state index >= 15 is 0 Å². The molecule has 0 aliphatic carbocycles. The van der Waals surface area contributed by atoms with Gasteiger partial charge in [-0.3, -0.25) is 19.0 Å². The third kappa shape index (κ3) is 1.83. The predicted octanol–water partition coefficient (Wildman–Crippen LogP) is -0.812. The average molecular weight is 219 g/mol. The van der Waals surface area contributed by atoms with Crippen molar-refractivity contribution in [3.8, 4) is 0 Å². The smallest absolute Gasteiger partial charge is 0.277 e. The SMILES string of the molecule is C=CCN1C(=O)CC(S(=O)(=O)O)C1=O. The molecular formula is C7H9NO5S. The fourth-order valence-electron chi connectivity index (χ4n) is 1.21. The van der Waals surface area contributed by atoms with E-state index in [0.29, 0.717) is 0 Å². The van der Waals surface area contributed by atoms with Crippen LogP contribution in [0.1, 0.15) is 6.42 Å². The molecule has 7 heteroatoms. The van der Waals surface area contributed by atoms with Crippen molar-refractivity contribution in [1.82, 2.24) is 4.90 Å². The van der Waals surface area contributed by atoms with Gasteiger partial charge >= 0.3 is 0 Å². The summed E-state index contributed by atoms with van der Waals surface area (Å²) >= 11 is 0. The first kappa shape index (κ1) is 10.9. The summed E-state index contributed by atoms with van der Waals surface area (Å²) in [7, 11) is -4.48. The highest BCUT2D eigenvalue weighted by molar-refractivity contribution is 7.87. The number of carbonyl (C=O) groups is 2. The topological polar surface area (TPSA) is 91.8 Å². The molecule has 6 nitrogen and oxygen atoms in total. The molecule has 0 saturated carbocycles. The summed E-state index contributed by atoms with van der Waals surface area (Å²) in [5.74, 6) is -1.50. The van der Waals surface area contributed by atoms with Gasteiger partial charge in [-0.1, -0.05) is 6.08 Å². The first-order chi connectivity index (χ1) is 6.38. The molecule has 0 aromatic carbocycles. The third-order valence-electron chi connectivity index (χ3n) is 1.87. The summed E-state index contributed by atoms with van der Waals surface area (Å²) in [5.41, 5.74) is 0. The molecule has 1 aliphatic rings. The van der Waals surface area contributed by atoms with Crippen LogP contribution >= 0.6 is 0 Å². The van der Waals surface area contributed by atoms with Gasteiger partial charge in [0.2, 0.25) is 5.91 Å². The van der Waals surface area contributed by atoms with E-state index in [0.717, 1.165) is 4.90 Å². The summed E-state index contributed by atoms with van der Waals surface area (Å²) < 4.78 is 30.0. The average Bonchev–Trinajstić information content (AvgIpc) is 2.31. The number of carbonyl (C=O) groups excluding carboxylic acids is 2. The van der Waals surface area contributed by atoms with E-state index < -0.39 is 33.6 Å². The minimum absolute atomic E-state index is 0.0380. The van der Waals surface area contributed by atoms with Crippen LogP contribution in [-0.2, 0) is 19.7 Å². The second-order valence-corrected chi connectivity index (χ2v) is 4.44. The number of imide groups is 1. The largest absolute Gasteiger partial charge is 0.285 e. The molecule has 0 radical (unpaired) electrons. The molecule has 1 fully saturated rings. The number of hydrogen-bond acceptors (Lipinski definition) is 4. The van der Waals surface area contributed by atoms with Crippen molar-refractivity contribution in [2.75, 3.05) is 6.54 Å². The van der Waals surface area contributed by atoms with Gasteiger partial charge in [-0.25, -0.2) is 0 Å². The van der Waals surface area contributed by atoms with Gasteiger partial charge in [-0.05, 0) is 0 Å². The van der Waals surface area contributed by atoms with Gasteiger partial charge in [-0.2, -0.15) is 8.42 Å². The summed E-state index contributed by atoms with van der Waals surface area (Å²) in [5, 5.41) is -1.64. The van der Waals surface area contributed by atoms with Crippen LogP contribution in [0.4, 0.5) is 0 Å². The molecule has 14 heavy (non-hydrogen) atoms. The lowest BCUT2D eigenvalue weighted by Gasteiger charge is -2.10. The summed E-state index contributed by atoms with van der Waals surface area (Å²) in [6.07, 6.45) is 0.813. The fourth-order valence-corrected chi connectivity index (χ4v) is 1.94. The number of rotatable bonds is 3. The van der Waals surface area contributed by atoms with E-state index in [-0.39, 0.29) is 6.54 Å². The zero-order chi connectivity index (χ0) is 10.9. The maximum Gasteiger partial charge on any atom is 0.277 e. The maximum absolute atomic E-state index is 11.3. The molecule has 0 spiro atoms. The van der Waals surface area contributed by atoms with Crippen molar-refractivity contribution in [3.05, 3.63) is 12.7 Å². The van der Waals surface area contributed by atoms with Crippen molar-refractivity contribution in [2.45, 2.75) is 11.7 Å². The minimum atomic E-state index is -4.48. The second kappa shape index (κ2) is 3.50. The van der Waals surface area contributed by atoms with Gasteiger partial charge < -0.3 is 0 Å². The molecule has 1 saturated heterocycles. The highest BCUT2D eigenvalue weighted by Gasteiger charge is 2.45. The van der Waals surface area contributed by atoms with Crippen LogP contribution in [0.5, 0.6) is 0 Å². The molecule has 0 bridgehead atoms. The number of nitrogens with zero attached hydrogens (tertiary/aromatic N) is 1. The van der Waals surface area contributed by atoms with E-state index in [1.165, 1.54) is 6.08 Å².